The highest BCUT2D eigenvalue weighted by Crippen LogP contribution is 2.39. The van der Waals surface area contributed by atoms with Crippen molar-refractivity contribution in [2.75, 3.05) is 6.54 Å². The van der Waals surface area contributed by atoms with Gasteiger partial charge in [-0.2, -0.15) is 4.90 Å². The number of aromatic nitrogens is 1. The van der Waals surface area contributed by atoms with Gasteiger partial charge in [-0.15, -0.1) is 5.10 Å². The highest BCUT2D eigenvalue weighted by molar-refractivity contribution is 6.02. The van der Waals surface area contributed by atoms with E-state index in [0.29, 0.717) is 35.5 Å². The second kappa shape index (κ2) is 10.7. The van der Waals surface area contributed by atoms with Crippen LogP contribution in [0.15, 0.2) is 77.0 Å². The van der Waals surface area contributed by atoms with E-state index in [0.717, 1.165) is 31.5 Å². The first-order chi connectivity index (χ1) is 16.4. The van der Waals surface area contributed by atoms with Crippen molar-refractivity contribution in [1.82, 2.24) is 15.7 Å². The zero-order valence-corrected chi connectivity index (χ0v) is 19.9. The van der Waals surface area contributed by atoms with E-state index >= 15 is 0 Å². The van der Waals surface area contributed by atoms with Gasteiger partial charge in [0.15, 0.2) is 0 Å². The Morgan fingerprint density at radius 2 is 1.91 bits per heavy atom. The molecule has 1 aromatic rings. The normalized spacial score (nSPS) is 24.1. The van der Waals surface area contributed by atoms with Gasteiger partial charge in [0.25, 0.3) is 0 Å². The van der Waals surface area contributed by atoms with Crippen LogP contribution in [-0.4, -0.2) is 28.0 Å². The van der Waals surface area contributed by atoms with Crippen LogP contribution in [0.25, 0.3) is 0 Å². The predicted molar refractivity (Wildman–Crippen MR) is 133 cm³/mol. The Morgan fingerprint density at radius 3 is 2.59 bits per heavy atom. The number of allylic oxidation sites excluding steroid dienone is 6. The van der Waals surface area contributed by atoms with Crippen molar-refractivity contribution in [3.05, 3.63) is 87.9 Å². The van der Waals surface area contributed by atoms with E-state index in [1.54, 1.807) is 12.2 Å². The second-order valence-electron chi connectivity index (χ2n) is 9.46. The number of rotatable bonds is 7. The number of nitrogens with one attached hydrogen (secondary N) is 2. The molecule has 0 bridgehead atoms. The van der Waals surface area contributed by atoms with E-state index in [9.17, 15) is 10.4 Å². The molecular weight excluding hydrogens is 430 g/mol. The predicted octanol–water partition coefficient (Wildman–Crippen LogP) is 4.14. The summed E-state index contributed by atoms with van der Waals surface area (Å²) < 4.78 is 5.98. The summed E-state index contributed by atoms with van der Waals surface area (Å²) in [5, 5.41) is 29.8. The summed E-state index contributed by atoms with van der Waals surface area (Å²) in [6.45, 7) is 8.61. The Bertz CT molecular complexity index is 1050. The van der Waals surface area contributed by atoms with Gasteiger partial charge in [0, 0.05) is 49.6 Å². The van der Waals surface area contributed by atoms with E-state index in [4.69, 9.17) is 4.74 Å². The Hall–Kier alpha value is -3.39. The van der Waals surface area contributed by atoms with Crippen LogP contribution in [-0.2, 0) is 11.3 Å². The van der Waals surface area contributed by atoms with Crippen LogP contribution < -0.4 is 10.7 Å². The van der Waals surface area contributed by atoms with E-state index < -0.39 is 4.90 Å². The lowest BCUT2D eigenvalue weighted by Gasteiger charge is -2.37. The molecule has 2 heterocycles. The van der Waals surface area contributed by atoms with Crippen molar-refractivity contribution in [2.24, 2.45) is 28.8 Å². The van der Waals surface area contributed by atoms with Gasteiger partial charge in [-0.05, 0) is 66.9 Å². The van der Waals surface area contributed by atoms with Crippen molar-refractivity contribution in [3.63, 3.8) is 0 Å². The molecule has 0 unspecified atom stereocenters. The molecule has 0 fully saturated rings. The fourth-order valence-corrected chi connectivity index (χ4v) is 4.82. The summed E-state index contributed by atoms with van der Waals surface area (Å²) in [7, 11) is 0. The smallest absolute Gasteiger partial charge is 0.222 e. The van der Waals surface area contributed by atoms with Crippen molar-refractivity contribution in [1.29, 1.82) is 0 Å². The average molecular weight is 463 g/mol. The van der Waals surface area contributed by atoms with Gasteiger partial charge >= 0.3 is 0 Å². The number of ether oxygens (including phenoxy) is 1. The lowest BCUT2D eigenvalue weighted by Crippen LogP contribution is -2.34. The van der Waals surface area contributed by atoms with Crippen LogP contribution >= 0.6 is 0 Å². The average Bonchev–Trinajstić information content (AvgIpc) is 3.30. The van der Waals surface area contributed by atoms with Gasteiger partial charge in [0.1, 0.15) is 0 Å². The van der Waals surface area contributed by atoms with Crippen LogP contribution in [0.2, 0.25) is 0 Å². The molecule has 180 valence electrons. The molecule has 0 saturated heterocycles. The molecular formula is C26H32N5O3-. The third-order valence-electron chi connectivity index (χ3n) is 6.81. The molecule has 34 heavy (non-hydrogen) atoms. The number of hydrogen-bond acceptors (Lipinski definition) is 7. The SMILES string of the molecule is CC1=C[C@@H](CNCc2ccncc2)[C@H](C(C)C)C[C@H]1CC1=NNC(=C2C=CC(=[N+]([O-])[O-])C=C2)O1. The Balaban J connectivity index is 1.36. The first-order valence-corrected chi connectivity index (χ1v) is 11.8. The monoisotopic (exact) mass is 462 g/mol. The summed E-state index contributed by atoms with van der Waals surface area (Å²) in [4.78, 5) is 3.67. The maximum Gasteiger partial charge on any atom is 0.222 e. The number of hydrogen-bond donors (Lipinski definition) is 2. The van der Waals surface area contributed by atoms with E-state index in [1.165, 1.54) is 23.3 Å². The van der Waals surface area contributed by atoms with E-state index in [2.05, 4.69) is 47.7 Å². The minimum absolute atomic E-state index is 0.0519. The maximum atomic E-state index is 10.9. The minimum atomic E-state index is -0.412. The molecule has 3 aliphatic rings. The van der Waals surface area contributed by atoms with Gasteiger partial charge in [-0.3, -0.25) is 4.98 Å². The highest BCUT2D eigenvalue weighted by Gasteiger charge is 2.33. The molecule has 8 nitrogen and oxygen atoms in total. The maximum absolute atomic E-state index is 10.9. The largest absolute Gasteiger partial charge is 0.612 e. The van der Waals surface area contributed by atoms with Crippen molar-refractivity contribution in [2.45, 2.75) is 40.2 Å². The topological polar surface area (TPSA) is 108 Å². The third kappa shape index (κ3) is 5.75. The summed E-state index contributed by atoms with van der Waals surface area (Å²) in [5.41, 5.74) is 6.35. The zero-order valence-electron chi connectivity index (χ0n) is 19.9. The number of hydrazone groups is 1. The Labute approximate surface area is 200 Å². The lowest BCUT2D eigenvalue weighted by molar-refractivity contribution is -0.377. The molecule has 0 amide bonds. The van der Waals surface area contributed by atoms with Crippen LogP contribution in [0.5, 0.6) is 0 Å². The van der Waals surface area contributed by atoms with Crippen molar-refractivity contribution >= 4 is 11.6 Å². The van der Waals surface area contributed by atoms with Gasteiger partial charge in [0.05, 0.1) is 0 Å². The van der Waals surface area contributed by atoms with Crippen LogP contribution in [0.1, 0.15) is 39.2 Å². The molecule has 0 spiro atoms. The van der Waals surface area contributed by atoms with Crippen LogP contribution in [0.3, 0.4) is 0 Å². The first kappa shape index (κ1) is 23.8. The van der Waals surface area contributed by atoms with Crippen LogP contribution in [0.4, 0.5) is 0 Å². The van der Waals surface area contributed by atoms with Crippen molar-refractivity contribution in [3.8, 4) is 0 Å². The van der Waals surface area contributed by atoms with Crippen molar-refractivity contribution < 1.29 is 9.64 Å². The Morgan fingerprint density at radius 1 is 1.18 bits per heavy atom. The lowest BCUT2D eigenvalue weighted by atomic mass is 9.70. The van der Waals surface area contributed by atoms with Crippen LogP contribution in [0, 0.1) is 34.1 Å². The van der Waals surface area contributed by atoms with Gasteiger partial charge in [0.2, 0.25) is 17.5 Å². The molecule has 2 N–H and O–H groups in total. The molecule has 0 saturated carbocycles. The summed E-state index contributed by atoms with van der Waals surface area (Å²) >= 11 is 0. The number of pyridine rings is 1. The molecule has 0 aromatic carbocycles. The molecule has 0 radical (unpaired) electrons. The van der Waals surface area contributed by atoms with Gasteiger partial charge in [-0.25, -0.2) is 5.43 Å². The standard InChI is InChI=1S/C26H32N5O3/c1-17(2)24-13-21(18(3)12-22(24)16-28-15-19-8-10-27-11-9-19)14-25-29-30-26(34-25)20-4-6-23(7-5-20)31(32)33/h4-12,17,21-22,24,28,30H,13-16H2,1-3H3/q-1/t21-,22-,24-/m0/s1. The van der Waals surface area contributed by atoms with Gasteiger partial charge in [-0.1, -0.05) is 25.5 Å². The fourth-order valence-electron chi connectivity index (χ4n) is 4.82. The van der Waals surface area contributed by atoms with E-state index in [-0.39, 0.29) is 5.71 Å². The van der Waals surface area contributed by atoms with E-state index in [1.807, 2.05) is 24.5 Å². The summed E-state index contributed by atoms with van der Waals surface area (Å²) in [6.07, 6.45) is 14.2. The van der Waals surface area contributed by atoms with Gasteiger partial charge < -0.3 is 20.5 Å². The molecule has 1 aliphatic heterocycles. The molecule has 8 heteroatoms. The fraction of sp³-hybridized carbons (Fsp3) is 0.423. The molecule has 3 atom stereocenters. The second-order valence-corrected chi connectivity index (χ2v) is 9.46. The summed E-state index contributed by atoms with van der Waals surface area (Å²) in [5.74, 6) is 3.19. The quantitative estimate of drug-likeness (QED) is 0.358. The third-order valence-corrected chi connectivity index (χ3v) is 6.81. The molecule has 4 rings (SSSR count). The first-order valence-electron chi connectivity index (χ1n) is 11.8. The highest BCUT2D eigenvalue weighted by atomic mass is 16.8. The zero-order chi connectivity index (χ0) is 24.1. The Kier molecular flexibility index (Phi) is 7.47. The number of nitrogens with zero attached hydrogens (tertiary/aromatic N) is 3. The minimum Gasteiger partial charge on any atom is -0.612 e. The molecule has 1 aromatic heterocycles. The molecule has 2 aliphatic carbocycles. The summed E-state index contributed by atoms with van der Waals surface area (Å²) in [6, 6.07) is 4.09.